The normalized spacial score (nSPS) is 11.9. The molecule has 6 rings (SSSR count). The number of hydrogen-bond acceptors (Lipinski definition) is 7. The van der Waals surface area contributed by atoms with Gasteiger partial charge in [-0.1, -0.05) is 0 Å². The first-order valence-corrected chi connectivity index (χ1v) is 13.4. The number of benzene rings is 4. The van der Waals surface area contributed by atoms with E-state index in [1.807, 2.05) is 36.4 Å². The number of nitrogens with zero attached hydrogens (tertiary/aromatic N) is 2. The van der Waals surface area contributed by atoms with Gasteiger partial charge in [0.25, 0.3) is 0 Å². The first-order valence-electron chi connectivity index (χ1n) is 13.4. The monoisotopic (exact) mass is 578 g/mol. The zero-order valence-electron chi connectivity index (χ0n) is 22.7. The Morgan fingerprint density at radius 2 is 1.14 bits per heavy atom. The quantitative estimate of drug-likeness (QED) is 0.135. The summed E-state index contributed by atoms with van der Waals surface area (Å²) in [7, 11) is 0. The smallest absolute Gasteiger partial charge is 0.335 e. The Morgan fingerprint density at radius 1 is 0.674 bits per heavy atom. The number of ether oxygens (including phenoxy) is 2. The number of nitrogens with one attached hydrogen (secondary N) is 2. The van der Waals surface area contributed by atoms with Crippen LogP contribution in [0.1, 0.15) is 27.1 Å². The van der Waals surface area contributed by atoms with Crippen molar-refractivity contribution in [2.24, 2.45) is 0 Å². The highest BCUT2D eigenvalue weighted by molar-refractivity contribution is 5.93. The standard InChI is InChI=1S/C32H26N4O7/c37-22(17-43-24-9-3-19(4-10-24)30-34-26-12-6-21(32(40)41)16-28(26)36-30)13-14-42-23-7-1-18(2-8-23)29-33-25-11-5-20(31(38)39)15-27(25)35-29/h1-12,15-16,22,37H,13-14,17H2,(H,33,35)(H,34,36)(H,38,39)(H,40,41)/t22-/m1/s1. The second-order valence-electron chi connectivity index (χ2n) is 9.90. The second kappa shape index (κ2) is 11.7. The van der Waals surface area contributed by atoms with Crippen LogP contribution in [0.5, 0.6) is 11.5 Å². The van der Waals surface area contributed by atoms with E-state index in [9.17, 15) is 24.9 Å². The van der Waals surface area contributed by atoms with Gasteiger partial charge in [-0.05, 0) is 84.9 Å². The molecule has 0 amide bonds. The minimum Gasteiger partial charge on any atom is -0.493 e. The lowest BCUT2D eigenvalue weighted by Gasteiger charge is -2.13. The van der Waals surface area contributed by atoms with Gasteiger partial charge in [-0.2, -0.15) is 0 Å². The third-order valence-corrected chi connectivity index (χ3v) is 6.88. The number of hydrogen-bond donors (Lipinski definition) is 5. The third-order valence-electron chi connectivity index (χ3n) is 6.88. The van der Waals surface area contributed by atoms with Crippen molar-refractivity contribution in [2.75, 3.05) is 13.2 Å². The minimum atomic E-state index is -0.997. The molecule has 5 N–H and O–H groups in total. The summed E-state index contributed by atoms with van der Waals surface area (Å²) in [5, 5.41) is 28.7. The molecule has 0 aliphatic rings. The van der Waals surface area contributed by atoms with E-state index in [2.05, 4.69) is 19.9 Å². The number of rotatable bonds is 11. The Morgan fingerprint density at radius 3 is 1.60 bits per heavy atom. The molecule has 0 aliphatic heterocycles. The van der Waals surface area contributed by atoms with Gasteiger partial charge in [-0.3, -0.25) is 0 Å². The molecule has 6 aromatic rings. The van der Waals surface area contributed by atoms with Crippen LogP contribution in [0.2, 0.25) is 0 Å². The summed E-state index contributed by atoms with van der Waals surface area (Å²) < 4.78 is 11.5. The van der Waals surface area contributed by atoms with Gasteiger partial charge < -0.3 is 34.8 Å². The van der Waals surface area contributed by atoms with E-state index >= 15 is 0 Å². The molecular formula is C32H26N4O7. The molecule has 216 valence electrons. The van der Waals surface area contributed by atoms with Gasteiger partial charge in [-0.25, -0.2) is 19.6 Å². The molecule has 0 bridgehead atoms. The van der Waals surface area contributed by atoms with Crippen LogP contribution in [0.15, 0.2) is 84.9 Å². The molecule has 43 heavy (non-hydrogen) atoms. The SMILES string of the molecule is O=C(O)c1ccc2nc(-c3ccc(OCC[C@@H](O)COc4ccc(-c5nc6ccc(C(=O)O)cc6[nH]5)cc4)cc3)[nH]c2c1. The fourth-order valence-corrected chi connectivity index (χ4v) is 4.57. The maximum atomic E-state index is 11.2. The Hall–Kier alpha value is -5.68. The van der Waals surface area contributed by atoms with Crippen molar-refractivity contribution >= 4 is 34.0 Å². The fraction of sp³-hybridized carbons (Fsp3) is 0.125. The molecule has 0 aliphatic carbocycles. The van der Waals surface area contributed by atoms with Crippen molar-refractivity contribution in [3.05, 3.63) is 96.1 Å². The highest BCUT2D eigenvalue weighted by Gasteiger charge is 2.12. The summed E-state index contributed by atoms with van der Waals surface area (Å²) in [5.74, 6) is 0.474. The lowest BCUT2D eigenvalue weighted by atomic mass is 10.2. The summed E-state index contributed by atoms with van der Waals surface area (Å²) in [6.07, 6.45) is -0.365. The van der Waals surface area contributed by atoms with Crippen molar-refractivity contribution in [3.63, 3.8) is 0 Å². The number of aromatic amines is 2. The van der Waals surface area contributed by atoms with Crippen LogP contribution in [-0.2, 0) is 0 Å². The summed E-state index contributed by atoms with van der Waals surface area (Å²) in [5.41, 5.74) is 4.65. The van der Waals surface area contributed by atoms with Crippen LogP contribution in [-0.4, -0.2) is 66.5 Å². The highest BCUT2D eigenvalue weighted by atomic mass is 16.5. The van der Waals surface area contributed by atoms with E-state index in [1.165, 1.54) is 12.1 Å². The number of carbonyl (C=O) groups is 2. The second-order valence-corrected chi connectivity index (χ2v) is 9.90. The fourth-order valence-electron chi connectivity index (χ4n) is 4.57. The zero-order chi connectivity index (χ0) is 29.9. The van der Waals surface area contributed by atoms with Crippen LogP contribution in [0.4, 0.5) is 0 Å². The van der Waals surface area contributed by atoms with Crippen molar-refractivity contribution in [3.8, 4) is 34.3 Å². The topological polar surface area (TPSA) is 171 Å². The van der Waals surface area contributed by atoms with E-state index in [0.29, 0.717) is 58.2 Å². The largest absolute Gasteiger partial charge is 0.493 e. The maximum Gasteiger partial charge on any atom is 0.335 e. The van der Waals surface area contributed by atoms with Gasteiger partial charge in [0.05, 0.1) is 45.9 Å². The van der Waals surface area contributed by atoms with Gasteiger partial charge in [0.15, 0.2) is 0 Å². The van der Waals surface area contributed by atoms with Crippen molar-refractivity contribution in [2.45, 2.75) is 12.5 Å². The molecule has 0 fully saturated rings. The lowest BCUT2D eigenvalue weighted by Crippen LogP contribution is -2.20. The van der Waals surface area contributed by atoms with Gasteiger partial charge in [0.1, 0.15) is 29.8 Å². The van der Waals surface area contributed by atoms with Crippen LogP contribution in [0, 0.1) is 0 Å². The first-order chi connectivity index (χ1) is 20.8. The van der Waals surface area contributed by atoms with E-state index in [1.54, 1.807) is 36.4 Å². The third kappa shape index (κ3) is 6.16. The molecule has 0 saturated heterocycles. The van der Waals surface area contributed by atoms with E-state index in [-0.39, 0.29) is 17.7 Å². The molecule has 11 nitrogen and oxygen atoms in total. The summed E-state index contributed by atoms with van der Waals surface area (Å²) >= 11 is 0. The zero-order valence-corrected chi connectivity index (χ0v) is 22.7. The molecule has 0 radical (unpaired) electrons. The van der Waals surface area contributed by atoms with Crippen LogP contribution >= 0.6 is 0 Å². The summed E-state index contributed by atoms with van der Waals surface area (Å²) in [4.78, 5) is 37.7. The molecule has 11 heteroatoms. The Balaban J connectivity index is 0.975. The predicted octanol–water partition coefficient (Wildman–Crippen LogP) is 5.38. The molecule has 0 saturated carbocycles. The lowest BCUT2D eigenvalue weighted by molar-refractivity contribution is 0.0686. The number of carboxylic acids is 2. The predicted molar refractivity (Wildman–Crippen MR) is 159 cm³/mol. The van der Waals surface area contributed by atoms with Crippen molar-refractivity contribution in [1.82, 2.24) is 19.9 Å². The molecule has 0 spiro atoms. The number of imidazole rings is 2. The molecule has 2 aromatic heterocycles. The van der Waals surface area contributed by atoms with E-state index < -0.39 is 18.0 Å². The number of carboxylic acid groups (broad SMARTS) is 2. The van der Waals surface area contributed by atoms with Crippen LogP contribution < -0.4 is 9.47 Å². The van der Waals surface area contributed by atoms with Crippen molar-refractivity contribution in [1.29, 1.82) is 0 Å². The minimum absolute atomic E-state index is 0.0971. The van der Waals surface area contributed by atoms with Crippen LogP contribution in [0.25, 0.3) is 44.8 Å². The average Bonchev–Trinajstić information content (AvgIpc) is 3.64. The molecular weight excluding hydrogens is 552 g/mol. The Labute approximate surface area is 244 Å². The van der Waals surface area contributed by atoms with Crippen LogP contribution in [0.3, 0.4) is 0 Å². The van der Waals surface area contributed by atoms with E-state index in [0.717, 1.165) is 11.1 Å². The molecule has 4 aromatic carbocycles. The highest BCUT2D eigenvalue weighted by Crippen LogP contribution is 2.25. The number of aromatic nitrogens is 4. The van der Waals surface area contributed by atoms with Gasteiger partial charge in [0, 0.05) is 17.5 Å². The van der Waals surface area contributed by atoms with Gasteiger partial charge >= 0.3 is 11.9 Å². The average molecular weight is 579 g/mol. The number of H-pyrrole nitrogens is 2. The molecule has 1 atom stereocenters. The van der Waals surface area contributed by atoms with Gasteiger partial charge in [-0.15, -0.1) is 0 Å². The van der Waals surface area contributed by atoms with E-state index in [4.69, 9.17) is 9.47 Å². The summed E-state index contributed by atoms with van der Waals surface area (Å²) in [6.45, 7) is 0.390. The number of fused-ring (bicyclic) bond motifs is 2. The maximum absolute atomic E-state index is 11.2. The molecule has 2 heterocycles. The molecule has 0 unspecified atom stereocenters. The van der Waals surface area contributed by atoms with Crippen molar-refractivity contribution < 1.29 is 34.4 Å². The number of aliphatic hydroxyl groups is 1. The summed E-state index contributed by atoms with van der Waals surface area (Å²) in [6, 6.07) is 24.0. The van der Waals surface area contributed by atoms with Gasteiger partial charge in [0.2, 0.25) is 0 Å². The number of aliphatic hydroxyl groups excluding tert-OH is 1. The first kappa shape index (κ1) is 27.5. The Bertz CT molecular complexity index is 1930. The Kier molecular flexibility index (Phi) is 7.46. The number of aromatic carboxylic acids is 2.